The molecule has 0 radical (unpaired) electrons. The van der Waals surface area contributed by atoms with Gasteiger partial charge < -0.3 is 10.6 Å². The Balaban J connectivity index is 1.56. The Labute approximate surface area is 102 Å². The molecule has 4 nitrogen and oxygen atoms in total. The third kappa shape index (κ3) is 2.21. The van der Waals surface area contributed by atoms with E-state index in [2.05, 4.69) is 20.6 Å². The summed E-state index contributed by atoms with van der Waals surface area (Å²) in [4.78, 5) is 8.36. The molecule has 0 saturated heterocycles. The molecule has 1 heterocycles. The predicted octanol–water partition coefficient (Wildman–Crippen LogP) is 2.37. The van der Waals surface area contributed by atoms with E-state index in [1.165, 1.54) is 25.7 Å². The van der Waals surface area contributed by atoms with E-state index < -0.39 is 0 Å². The Morgan fingerprint density at radius 1 is 1.24 bits per heavy atom. The molecule has 0 amide bonds. The molecule has 2 bridgehead atoms. The van der Waals surface area contributed by atoms with Gasteiger partial charge in [0.2, 0.25) is 0 Å². The molecule has 0 spiro atoms. The zero-order chi connectivity index (χ0) is 11.7. The fraction of sp³-hybridized carbons (Fsp3) is 0.692. The summed E-state index contributed by atoms with van der Waals surface area (Å²) >= 11 is 0. The smallest absolute Gasteiger partial charge is 0.131 e. The van der Waals surface area contributed by atoms with Gasteiger partial charge in [0.05, 0.1) is 0 Å². The summed E-state index contributed by atoms with van der Waals surface area (Å²) in [5.74, 6) is 4.66. The van der Waals surface area contributed by atoms with Gasteiger partial charge >= 0.3 is 0 Å². The molecule has 3 atom stereocenters. The molecule has 1 aromatic rings. The number of hydrogen-bond donors (Lipinski definition) is 2. The first kappa shape index (κ1) is 10.8. The summed E-state index contributed by atoms with van der Waals surface area (Å²) in [5, 5.41) is 6.49. The van der Waals surface area contributed by atoms with Crippen LogP contribution in [0.2, 0.25) is 0 Å². The molecule has 1 aromatic heterocycles. The van der Waals surface area contributed by atoms with Gasteiger partial charge in [-0.25, -0.2) is 9.97 Å². The highest BCUT2D eigenvalue weighted by molar-refractivity contribution is 5.45. The average molecular weight is 232 g/mol. The van der Waals surface area contributed by atoms with E-state index in [-0.39, 0.29) is 0 Å². The minimum atomic E-state index is 0.863. The van der Waals surface area contributed by atoms with Crippen molar-refractivity contribution in [2.45, 2.75) is 25.7 Å². The monoisotopic (exact) mass is 232 g/mol. The predicted molar refractivity (Wildman–Crippen MR) is 69.0 cm³/mol. The van der Waals surface area contributed by atoms with E-state index in [9.17, 15) is 0 Å². The maximum absolute atomic E-state index is 4.25. The molecule has 2 aliphatic carbocycles. The number of aromatic nitrogens is 2. The van der Waals surface area contributed by atoms with Gasteiger partial charge in [-0.3, -0.25) is 0 Å². The minimum absolute atomic E-state index is 0.863. The molecule has 2 fully saturated rings. The highest BCUT2D eigenvalue weighted by atomic mass is 15.1. The Hall–Kier alpha value is -1.32. The maximum atomic E-state index is 4.25. The first-order chi connectivity index (χ1) is 8.35. The van der Waals surface area contributed by atoms with Gasteiger partial charge in [0.15, 0.2) is 0 Å². The summed E-state index contributed by atoms with van der Waals surface area (Å²) in [7, 11) is 1.88. The number of hydrogen-bond acceptors (Lipinski definition) is 4. The van der Waals surface area contributed by atoms with Crippen LogP contribution >= 0.6 is 0 Å². The van der Waals surface area contributed by atoms with Crippen LogP contribution in [0.5, 0.6) is 0 Å². The lowest BCUT2D eigenvalue weighted by atomic mass is 9.89. The number of anilines is 2. The Kier molecular flexibility index (Phi) is 2.87. The van der Waals surface area contributed by atoms with E-state index in [1.54, 1.807) is 6.33 Å². The first-order valence-electron chi connectivity index (χ1n) is 6.59. The lowest BCUT2D eigenvalue weighted by Gasteiger charge is -2.22. The Bertz CT molecular complexity index is 393. The van der Waals surface area contributed by atoms with E-state index in [0.717, 1.165) is 35.9 Å². The van der Waals surface area contributed by atoms with Gasteiger partial charge in [0.25, 0.3) is 0 Å². The minimum Gasteiger partial charge on any atom is -0.373 e. The largest absolute Gasteiger partial charge is 0.373 e. The SMILES string of the molecule is CNc1cc(NCC2CC3CCC2C3)ncn1. The number of nitrogens with zero attached hydrogens (tertiary/aromatic N) is 2. The molecule has 3 rings (SSSR count). The summed E-state index contributed by atoms with van der Waals surface area (Å²) < 4.78 is 0. The van der Waals surface area contributed by atoms with Crippen LogP contribution in [0.3, 0.4) is 0 Å². The van der Waals surface area contributed by atoms with E-state index in [0.29, 0.717) is 0 Å². The summed E-state index contributed by atoms with van der Waals surface area (Å²) in [6, 6.07) is 1.97. The molecule has 2 N–H and O–H groups in total. The van der Waals surface area contributed by atoms with Crippen LogP contribution in [-0.4, -0.2) is 23.6 Å². The fourth-order valence-electron chi connectivity index (χ4n) is 3.45. The van der Waals surface area contributed by atoms with Crippen LogP contribution in [0.25, 0.3) is 0 Å². The molecular weight excluding hydrogens is 212 g/mol. The van der Waals surface area contributed by atoms with Gasteiger partial charge in [-0.1, -0.05) is 6.42 Å². The van der Waals surface area contributed by atoms with Crippen molar-refractivity contribution in [1.82, 2.24) is 9.97 Å². The molecule has 92 valence electrons. The zero-order valence-electron chi connectivity index (χ0n) is 10.3. The molecule has 2 saturated carbocycles. The summed E-state index contributed by atoms with van der Waals surface area (Å²) in [6.07, 6.45) is 7.41. The van der Waals surface area contributed by atoms with Gasteiger partial charge in [-0.2, -0.15) is 0 Å². The molecule has 4 heteroatoms. The van der Waals surface area contributed by atoms with Crippen molar-refractivity contribution in [2.24, 2.45) is 17.8 Å². The van der Waals surface area contributed by atoms with Crippen molar-refractivity contribution in [3.8, 4) is 0 Å². The number of fused-ring (bicyclic) bond motifs is 2. The highest BCUT2D eigenvalue weighted by Gasteiger charge is 2.39. The van der Waals surface area contributed by atoms with Crippen LogP contribution in [0, 0.1) is 17.8 Å². The second-order valence-corrected chi connectivity index (χ2v) is 5.35. The standard InChI is InChI=1S/C13H20N4/c1-14-12-6-13(17-8-16-12)15-7-11-5-9-2-3-10(11)4-9/h6,8-11H,2-5,7H2,1H3,(H2,14,15,16,17). The third-order valence-electron chi connectivity index (χ3n) is 4.35. The topological polar surface area (TPSA) is 49.8 Å². The van der Waals surface area contributed by atoms with Crippen LogP contribution in [0.4, 0.5) is 11.6 Å². The van der Waals surface area contributed by atoms with E-state index >= 15 is 0 Å². The Morgan fingerprint density at radius 2 is 2.12 bits per heavy atom. The van der Waals surface area contributed by atoms with Gasteiger partial charge in [-0.05, 0) is 37.0 Å². The quantitative estimate of drug-likeness (QED) is 0.836. The number of nitrogens with one attached hydrogen (secondary N) is 2. The molecule has 0 aliphatic heterocycles. The molecule has 2 aliphatic rings. The molecule has 3 unspecified atom stereocenters. The Morgan fingerprint density at radius 3 is 2.82 bits per heavy atom. The third-order valence-corrected chi connectivity index (χ3v) is 4.35. The maximum Gasteiger partial charge on any atom is 0.131 e. The van der Waals surface area contributed by atoms with Crippen molar-refractivity contribution < 1.29 is 0 Å². The zero-order valence-corrected chi connectivity index (χ0v) is 10.3. The molecule has 0 aromatic carbocycles. The van der Waals surface area contributed by atoms with Crippen molar-refractivity contribution in [1.29, 1.82) is 0 Å². The highest BCUT2D eigenvalue weighted by Crippen LogP contribution is 2.48. The normalized spacial score (nSPS) is 30.5. The average Bonchev–Trinajstić information content (AvgIpc) is 2.99. The van der Waals surface area contributed by atoms with Gasteiger partial charge in [0, 0.05) is 19.7 Å². The lowest BCUT2D eigenvalue weighted by molar-refractivity contribution is 0.348. The second kappa shape index (κ2) is 4.51. The van der Waals surface area contributed by atoms with Crippen molar-refractivity contribution in [3.05, 3.63) is 12.4 Å². The van der Waals surface area contributed by atoms with Gasteiger partial charge in [0.1, 0.15) is 18.0 Å². The fourth-order valence-corrected chi connectivity index (χ4v) is 3.45. The first-order valence-corrected chi connectivity index (χ1v) is 6.59. The second-order valence-electron chi connectivity index (χ2n) is 5.35. The van der Waals surface area contributed by atoms with Crippen LogP contribution in [0.15, 0.2) is 12.4 Å². The van der Waals surface area contributed by atoms with Gasteiger partial charge in [-0.15, -0.1) is 0 Å². The van der Waals surface area contributed by atoms with Crippen LogP contribution < -0.4 is 10.6 Å². The summed E-state index contributed by atoms with van der Waals surface area (Å²) in [6.45, 7) is 1.07. The number of rotatable bonds is 4. The van der Waals surface area contributed by atoms with Crippen LogP contribution in [0.1, 0.15) is 25.7 Å². The van der Waals surface area contributed by atoms with Crippen molar-refractivity contribution >= 4 is 11.6 Å². The van der Waals surface area contributed by atoms with Crippen molar-refractivity contribution in [3.63, 3.8) is 0 Å². The lowest BCUT2D eigenvalue weighted by Crippen LogP contribution is -2.20. The van der Waals surface area contributed by atoms with Crippen LogP contribution in [-0.2, 0) is 0 Å². The summed E-state index contributed by atoms with van der Waals surface area (Å²) in [5.41, 5.74) is 0. The van der Waals surface area contributed by atoms with Crippen molar-refractivity contribution in [2.75, 3.05) is 24.2 Å². The molecular formula is C13H20N4. The van der Waals surface area contributed by atoms with E-state index in [1.807, 2.05) is 13.1 Å². The molecule has 17 heavy (non-hydrogen) atoms. The van der Waals surface area contributed by atoms with E-state index in [4.69, 9.17) is 0 Å².